The topological polar surface area (TPSA) is 117 Å². The summed E-state index contributed by atoms with van der Waals surface area (Å²) in [5, 5.41) is 12.2. The summed E-state index contributed by atoms with van der Waals surface area (Å²) in [4.78, 5) is 23.5. The minimum absolute atomic E-state index is 0.184. The molecular weight excluding hydrogens is 296 g/mol. The third kappa shape index (κ3) is 4.31. The summed E-state index contributed by atoms with van der Waals surface area (Å²) in [6.45, 7) is 0. The first-order valence-corrected chi connectivity index (χ1v) is 6.75. The smallest absolute Gasteiger partial charge is 0.343 e. The van der Waals surface area contributed by atoms with Gasteiger partial charge in [0.2, 0.25) is 0 Å². The van der Waals surface area contributed by atoms with Crippen molar-refractivity contribution in [2.24, 2.45) is 5.73 Å². The molecule has 118 valence electrons. The highest BCUT2D eigenvalue weighted by molar-refractivity contribution is 5.95. The second kappa shape index (κ2) is 7.08. The van der Waals surface area contributed by atoms with Gasteiger partial charge in [0.05, 0.1) is 5.56 Å². The van der Waals surface area contributed by atoms with E-state index in [4.69, 9.17) is 15.9 Å². The van der Waals surface area contributed by atoms with E-state index in [0.717, 1.165) is 0 Å². The van der Waals surface area contributed by atoms with Crippen LogP contribution in [-0.4, -0.2) is 24.9 Å². The number of esters is 1. The third-order valence-corrected chi connectivity index (χ3v) is 2.95. The maximum absolute atomic E-state index is 12.0. The number of carbonyl (C=O) groups is 2. The summed E-state index contributed by atoms with van der Waals surface area (Å²) >= 11 is 0. The van der Waals surface area contributed by atoms with Gasteiger partial charge < -0.3 is 21.1 Å². The molecule has 0 unspecified atom stereocenters. The molecule has 0 bridgehead atoms. The maximum atomic E-state index is 12.0. The molecule has 2 aromatic rings. The summed E-state index contributed by atoms with van der Waals surface area (Å²) in [7, 11) is 1.54. The molecular formula is C16H16N4O3. The molecule has 7 nitrogen and oxygen atoms in total. The van der Waals surface area contributed by atoms with E-state index in [2.05, 4.69) is 10.6 Å². The van der Waals surface area contributed by atoms with E-state index in [9.17, 15) is 9.59 Å². The van der Waals surface area contributed by atoms with Crippen molar-refractivity contribution in [2.75, 3.05) is 12.4 Å². The predicted octanol–water partition coefficient (Wildman–Crippen LogP) is 1.57. The average molecular weight is 312 g/mol. The number of anilines is 1. The molecule has 0 saturated heterocycles. The first-order valence-electron chi connectivity index (χ1n) is 6.75. The Morgan fingerprint density at radius 1 is 1.00 bits per heavy atom. The number of hydrogen-bond donors (Lipinski definition) is 4. The van der Waals surface area contributed by atoms with E-state index in [1.54, 1.807) is 55.6 Å². The highest BCUT2D eigenvalue weighted by Gasteiger charge is 2.09. The number of carbonyl (C=O) groups excluding carboxylic acids is 2. The molecule has 0 heterocycles. The maximum Gasteiger partial charge on any atom is 0.343 e. The monoisotopic (exact) mass is 312 g/mol. The van der Waals surface area contributed by atoms with Crippen molar-refractivity contribution in [2.45, 2.75) is 0 Å². The molecule has 0 aliphatic carbocycles. The van der Waals surface area contributed by atoms with Gasteiger partial charge in [-0.15, -0.1) is 0 Å². The normalized spacial score (nSPS) is 9.78. The van der Waals surface area contributed by atoms with E-state index in [1.165, 1.54) is 0 Å². The van der Waals surface area contributed by atoms with Crippen LogP contribution in [0.5, 0.6) is 5.75 Å². The standard InChI is InChI=1S/C16H16N4O3/c1-19-14(21)10-4-8-13(9-5-10)23-15(22)11-2-6-12(7-3-11)20-16(17)18/h2-9H,1H3,(H,19,21)(H4,17,18,20). The molecule has 0 aliphatic rings. The summed E-state index contributed by atoms with van der Waals surface area (Å²) < 4.78 is 5.23. The van der Waals surface area contributed by atoms with Gasteiger partial charge in [-0.05, 0) is 48.5 Å². The molecule has 0 fully saturated rings. The van der Waals surface area contributed by atoms with Crippen molar-refractivity contribution < 1.29 is 14.3 Å². The summed E-state index contributed by atoms with van der Waals surface area (Å²) in [5.41, 5.74) is 6.66. The second-order valence-corrected chi connectivity index (χ2v) is 4.61. The van der Waals surface area contributed by atoms with Gasteiger partial charge in [0, 0.05) is 18.3 Å². The minimum atomic E-state index is -0.521. The Kier molecular flexibility index (Phi) is 4.93. The molecule has 2 aromatic carbocycles. The van der Waals surface area contributed by atoms with E-state index in [0.29, 0.717) is 22.6 Å². The Balaban J connectivity index is 2.03. The Morgan fingerprint density at radius 3 is 2.09 bits per heavy atom. The third-order valence-electron chi connectivity index (χ3n) is 2.95. The lowest BCUT2D eigenvalue weighted by molar-refractivity contribution is 0.0734. The Hall–Kier alpha value is -3.35. The van der Waals surface area contributed by atoms with Crippen molar-refractivity contribution >= 4 is 23.5 Å². The molecule has 0 aromatic heterocycles. The molecule has 0 radical (unpaired) electrons. The average Bonchev–Trinajstić information content (AvgIpc) is 2.55. The lowest BCUT2D eigenvalue weighted by atomic mass is 10.2. The molecule has 23 heavy (non-hydrogen) atoms. The number of hydrogen-bond acceptors (Lipinski definition) is 4. The number of amides is 1. The lowest BCUT2D eigenvalue weighted by Crippen LogP contribution is -2.20. The van der Waals surface area contributed by atoms with Gasteiger partial charge in [0.25, 0.3) is 5.91 Å². The number of nitrogens with one attached hydrogen (secondary N) is 3. The fraction of sp³-hybridized carbons (Fsp3) is 0.0625. The Labute approximate surface area is 133 Å². The SMILES string of the molecule is CNC(=O)c1ccc(OC(=O)c2ccc(NC(=N)N)cc2)cc1. The van der Waals surface area contributed by atoms with Gasteiger partial charge >= 0.3 is 5.97 Å². The fourth-order valence-corrected chi connectivity index (χ4v) is 1.83. The molecule has 0 saturated carbocycles. The van der Waals surface area contributed by atoms with Crippen LogP contribution in [-0.2, 0) is 0 Å². The van der Waals surface area contributed by atoms with Gasteiger partial charge in [0.15, 0.2) is 5.96 Å². The van der Waals surface area contributed by atoms with E-state index in [-0.39, 0.29) is 11.9 Å². The highest BCUT2D eigenvalue weighted by Crippen LogP contribution is 2.15. The van der Waals surface area contributed by atoms with E-state index >= 15 is 0 Å². The zero-order chi connectivity index (χ0) is 16.8. The summed E-state index contributed by atoms with van der Waals surface area (Å²) in [5.74, 6) is -0.575. The number of ether oxygens (including phenoxy) is 1. The Bertz CT molecular complexity index is 724. The molecule has 1 amide bonds. The Morgan fingerprint density at radius 2 is 1.57 bits per heavy atom. The number of rotatable bonds is 4. The summed E-state index contributed by atoms with van der Waals surface area (Å²) in [6.07, 6.45) is 0. The van der Waals surface area contributed by atoms with Crippen LogP contribution in [0.1, 0.15) is 20.7 Å². The van der Waals surface area contributed by atoms with Crippen molar-refractivity contribution in [3.63, 3.8) is 0 Å². The van der Waals surface area contributed by atoms with Crippen LogP contribution in [0.15, 0.2) is 48.5 Å². The van der Waals surface area contributed by atoms with Crippen LogP contribution in [0.3, 0.4) is 0 Å². The first kappa shape index (κ1) is 16.0. The number of guanidine groups is 1. The fourth-order valence-electron chi connectivity index (χ4n) is 1.83. The molecule has 0 spiro atoms. The van der Waals surface area contributed by atoms with Gasteiger partial charge in [-0.1, -0.05) is 0 Å². The van der Waals surface area contributed by atoms with Gasteiger partial charge in [0.1, 0.15) is 5.75 Å². The van der Waals surface area contributed by atoms with Crippen molar-refractivity contribution in [3.05, 3.63) is 59.7 Å². The van der Waals surface area contributed by atoms with E-state index in [1.807, 2.05) is 0 Å². The van der Waals surface area contributed by atoms with Crippen LogP contribution in [0.2, 0.25) is 0 Å². The molecule has 7 heteroatoms. The second-order valence-electron chi connectivity index (χ2n) is 4.61. The van der Waals surface area contributed by atoms with Crippen molar-refractivity contribution in [1.82, 2.24) is 5.32 Å². The van der Waals surface area contributed by atoms with Crippen LogP contribution in [0.4, 0.5) is 5.69 Å². The summed E-state index contributed by atoms with van der Waals surface area (Å²) in [6, 6.07) is 12.6. The van der Waals surface area contributed by atoms with Gasteiger partial charge in [-0.3, -0.25) is 10.2 Å². The minimum Gasteiger partial charge on any atom is -0.423 e. The largest absolute Gasteiger partial charge is 0.423 e. The van der Waals surface area contributed by atoms with Gasteiger partial charge in [-0.25, -0.2) is 4.79 Å². The van der Waals surface area contributed by atoms with E-state index < -0.39 is 5.97 Å². The van der Waals surface area contributed by atoms with Crippen LogP contribution < -0.4 is 21.1 Å². The quantitative estimate of drug-likeness (QED) is 0.296. The van der Waals surface area contributed by atoms with Crippen LogP contribution in [0, 0.1) is 5.41 Å². The molecule has 0 aliphatic heterocycles. The first-order chi connectivity index (χ1) is 11.0. The van der Waals surface area contributed by atoms with Crippen molar-refractivity contribution in [1.29, 1.82) is 5.41 Å². The lowest BCUT2D eigenvalue weighted by Gasteiger charge is -2.07. The number of nitrogens with two attached hydrogens (primary N) is 1. The van der Waals surface area contributed by atoms with Gasteiger partial charge in [-0.2, -0.15) is 0 Å². The molecule has 5 N–H and O–H groups in total. The zero-order valence-corrected chi connectivity index (χ0v) is 12.4. The van der Waals surface area contributed by atoms with Crippen LogP contribution in [0.25, 0.3) is 0 Å². The van der Waals surface area contributed by atoms with Crippen LogP contribution >= 0.6 is 0 Å². The van der Waals surface area contributed by atoms with Crippen molar-refractivity contribution in [3.8, 4) is 5.75 Å². The zero-order valence-electron chi connectivity index (χ0n) is 12.4. The number of benzene rings is 2. The predicted molar refractivity (Wildman–Crippen MR) is 86.8 cm³/mol. The highest BCUT2D eigenvalue weighted by atomic mass is 16.5. The molecule has 2 rings (SSSR count). The molecule has 0 atom stereocenters.